The van der Waals surface area contributed by atoms with Gasteiger partial charge in [0.2, 0.25) is 0 Å². The molecule has 35 heavy (non-hydrogen) atoms. The van der Waals surface area contributed by atoms with Crippen LogP contribution < -0.4 is 10.2 Å². The largest absolute Gasteiger partial charge is 0.349 e. The Morgan fingerprint density at radius 2 is 1.69 bits per heavy atom. The molecule has 2 amide bonds. The maximum absolute atomic E-state index is 14.4. The molecule has 1 heterocycles. The number of halogens is 1. The third-order valence-corrected chi connectivity index (χ3v) is 7.61. The number of fused-ring (bicyclic) bond motifs is 1. The van der Waals surface area contributed by atoms with Gasteiger partial charge in [-0.15, -0.1) is 0 Å². The number of para-hydroxylation sites is 1. The number of hydrogen-bond donors (Lipinski definition) is 1. The van der Waals surface area contributed by atoms with E-state index in [1.165, 1.54) is 37.1 Å². The molecule has 0 aromatic heterocycles. The van der Waals surface area contributed by atoms with Gasteiger partial charge in [0, 0.05) is 22.1 Å². The van der Waals surface area contributed by atoms with Crippen molar-refractivity contribution in [1.29, 1.82) is 0 Å². The minimum Gasteiger partial charge on any atom is -0.349 e. The highest BCUT2D eigenvalue weighted by Gasteiger charge is 2.29. The molecule has 1 fully saturated rings. The predicted octanol–water partition coefficient (Wildman–Crippen LogP) is 6.57. The van der Waals surface area contributed by atoms with Crippen LogP contribution in [0, 0.1) is 5.82 Å². The van der Waals surface area contributed by atoms with E-state index in [2.05, 4.69) is 5.32 Å². The fourth-order valence-corrected chi connectivity index (χ4v) is 5.67. The van der Waals surface area contributed by atoms with Crippen molar-refractivity contribution < 1.29 is 14.0 Å². The molecule has 1 saturated carbocycles. The number of thioether (sulfide) groups is 1. The number of carbonyl (C=O) groups excluding carboxylic acids is 2. The lowest BCUT2D eigenvalue weighted by Gasteiger charge is -2.30. The molecule has 1 aliphatic carbocycles. The molecule has 178 valence electrons. The van der Waals surface area contributed by atoms with Gasteiger partial charge in [0.15, 0.2) is 0 Å². The minimum atomic E-state index is -0.330. The summed E-state index contributed by atoms with van der Waals surface area (Å²) in [5.41, 5.74) is 2.69. The van der Waals surface area contributed by atoms with E-state index in [4.69, 9.17) is 0 Å². The summed E-state index contributed by atoms with van der Waals surface area (Å²) < 4.78 is 14.4. The van der Waals surface area contributed by atoms with Crippen LogP contribution in [-0.2, 0) is 11.3 Å². The van der Waals surface area contributed by atoms with Gasteiger partial charge in [-0.1, -0.05) is 73.5 Å². The van der Waals surface area contributed by atoms with Crippen molar-refractivity contribution in [3.8, 4) is 0 Å². The molecule has 0 radical (unpaired) electrons. The molecule has 0 saturated heterocycles. The molecule has 4 nitrogen and oxygen atoms in total. The lowest BCUT2D eigenvalue weighted by Crippen LogP contribution is -2.36. The molecule has 3 aromatic rings. The van der Waals surface area contributed by atoms with Gasteiger partial charge in [0.1, 0.15) is 5.82 Å². The highest BCUT2D eigenvalue weighted by atomic mass is 32.2. The van der Waals surface area contributed by atoms with Gasteiger partial charge in [-0.05, 0) is 54.8 Å². The van der Waals surface area contributed by atoms with E-state index < -0.39 is 0 Å². The van der Waals surface area contributed by atoms with Crippen molar-refractivity contribution in [2.45, 2.75) is 49.6 Å². The number of nitrogens with zero attached hydrogens (tertiary/aromatic N) is 1. The molecule has 1 aliphatic heterocycles. The monoisotopic (exact) mass is 486 g/mol. The Bertz CT molecular complexity index is 1270. The second kappa shape index (κ2) is 10.5. The topological polar surface area (TPSA) is 49.4 Å². The minimum absolute atomic E-state index is 0.0517. The summed E-state index contributed by atoms with van der Waals surface area (Å²) in [6, 6.07) is 21.8. The summed E-state index contributed by atoms with van der Waals surface area (Å²) in [4.78, 5) is 29.2. The highest BCUT2D eigenvalue weighted by molar-refractivity contribution is 8.04. The first kappa shape index (κ1) is 23.4. The van der Waals surface area contributed by atoms with Gasteiger partial charge in [-0.3, -0.25) is 9.59 Å². The first-order valence-corrected chi connectivity index (χ1v) is 12.8. The highest BCUT2D eigenvalue weighted by Crippen LogP contribution is 2.42. The number of anilines is 1. The van der Waals surface area contributed by atoms with Gasteiger partial charge in [0.05, 0.1) is 17.1 Å². The van der Waals surface area contributed by atoms with Crippen molar-refractivity contribution in [1.82, 2.24) is 5.32 Å². The van der Waals surface area contributed by atoms with Crippen LogP contribution in [0.1, 0.15) is 53.6 Å². The molecule has 0 atom stereocenters. The van der Waals surface area contributed by atoms with Crippen LogP contribution in [0.15, 0.2) is 82.6 Å². The third-order valence-electron chi connectivity index (χ3n) is 6.53. The molecule has 0 bridgehead atoms. The van der Waals surface area contributed by atoms with Crippen LogP contribution in [0.2, 0.25) is 0 Å². The molecule has 0 unspecified atom stereocenters. The van der Waals surface area contributed by atoms with Crippen LogP contribution in [0.3, 0.4) is 0 Å². The Balaban J connectivity index is 1.36. The summed E-state index contributed by atoms with van der Waals surface area (Å²) in [6.45, 7) is 0.153. The zero-order chi connectivity index (χ0) is 24.2. The smallest absolute Gasteiger partial charge is 0.265 e. The van der Waals surface area contributed by atoms with Gasteiger partial charge < -0.3 is 10.2 Å². The van der Waals surface area contributed by atoms with Crippen LogP contribution in [0.25, 0.3) is 6.08 Å². The second-order valence-electron chi connectivity index (χ2n) is 8.99. The van der Waals surface area contributed by atoms with Gasteiger partial charge in [0.25, 0.3) is 11.8 Å². The first-order valence-electron chi connectivity index (χ1n) is 12.0. The summed E-state index contributed by atoms with van der Waals surface area (Å²) in [7, 11) is 0. The fourth-order valence-electron chi connectivity index (χ4n) is 4.61. The predicted molar refractivity (Wildman–Crippen MR) is 139 cm³/mol. The molecular weight excluding hydrogens is 459 g/mol. The average Bonchev–Trinajstić information content (AvgIpc) is 2.88. The van der Waals surface area contributed by atoms with Crippen LogP contribution in [0.4, 0.5) is 10.1 Å². The number of hydrogen-bond acceptors (Lipinski definition) is 3. The Labute approximate surface area is 209 Å². The summed E-state index contributed by atoms with van der Waals surface area (Å²) in [5, 5.41) is 3.14. The summed E-state index contributed by atoms with van der Waals surface area (Å²) in [6.07, 6.45) is 7.50. The Hall–Kier alpha value is -3.38. The van der Waals surface area contributed by atoms with E-state index in [1.54, 1.807) is 35.2 Å². The number of benzene rings is 3. The molecule has 6 heteroatoms. The number of nitrogens with one attached hydrogen (secondary N) is 1. The van der Waals surface area contributed by atoms with E-state index >= 15 is 0 Å². The van der Waals surface area contributed by atoms with Crippen molar-refractivity contribution in [3.05, 3.63) is 100 Å². The fraction of sp³-hybridized carbons (Fsp3) is 0.241. The normalized spacial score (nSPS) is 17.3. The quantitative estimate of drug-likeness (QED) is 0.415. The lowest BCUT2D eigenvalue weighted by molar-refractivity contribution is -0.114. The van der Waals surface area contributed by atoms with Crippen molar-refractivity contribution in [2.24, 2.45) is 0 Å². The van der Waals surface area contributed by atoms with E-state index in [0.29, 0.717) is 16.0 Å². The Morgan fingerprint density at radius 1 is 0.971 bits per heavy atom. The Kier molecular flexibility index (Phi) is 7.00. The van der Waals surface area contributed by atoms with Crippen LogP contribution in [0.5, 0.6) is 0 Å². The number of rotatable bonds is 5. The van der Waals surface area contributed by atoms with Gasteiger partial charge in [-0.2, -0.15) is 0 Å². The van der Waals surface area contributed by atoms with Crippen LogP contribution >= 0.6 is 11.8 Å². The van der Waals surface area contributed by atoms with Crippen molar-refractivity contribution in [2.75, 3.05) is 4.90 Å². The zero-order valence-electron chi connectivity index (χ0n) is 19.4. The SMILES string of the molecule is O=C(NC1CCCCC1)c1ccc(/C=C2\Sc3ccccc3N(Cc3ccccc3F)C2=O)cc1. The van der Waals surface area contributed by atoms with E-state index in [1.807, 2.05) is 42.5 Å². The summed E-state index contributed by atoms with van der Waals surface area (Å²) >= 11 is 1.41. The average molecular weight is 487 g/mol. The molecule has 0 spiro atoms. The maximum atomic E-state index is 14.4. The standard InChI is InChI=1S/C29H27FN2O2S/c30-24-11-5-4-8-22(24)19-32-25-12-6-7-13-26(25)35-27(29(32)34)18-20-14-16-21(17-15-20)28(33)31-23-9-2-1-3-10-23/h4-8,11-18,23H,1-3,9-10,19H2,(H,31,33)/b27-18-. The lowest BCUT2D eigenvalue weighted by atomic mass is 9.95. The summed E-state index contributed by atoms with van der Waals surface area (Å²) in [5.74, 6) is -0.552. The first-order chi connectivity index (χ1) is 17.1. The second-order valence-corrected chi connectivity index (χ2v) is 10.1. The van der Waals surface area contributed by atoms with Gasteiger partial charge >= 0.3 is 0 Å². The Morgan fingerprint density at radius 3 is 2.46 bits per heavy atom. The zero-order valence-corrected chi connectivity index (χ0v) is 20.2. The maximum Gasteiger partial charge on any atom is 0.265 e. The molecular formula is C29H27FN2O2S. The molecule has 2 aliphatic rings. The van der Waals surface area contributed by atoms with E-state index in [9.17, 15) is 14.0 Å². The van der Waals surface area contributed by atoms with Crippen molar-refractivity contribution in [3.63, 3.8) is 0 Å². The molecule has 3 aromatic carbocycles. The van der Waals surface area contributed by atoms with Crippen LogP contribution in [-0.4, -0.2) is 17.9 Å². The third kappa shape index (κ3) is 5.33. The van der Waals surface area contributed by atoms with E-state index in [0.717, 1.165) is 29.0 Å². The number of amides is 2. The number of carbonyl (C=O) groups is 2. The van der Waals surface area contributed by atoms with Crippen molar-refractivity contribution >= 4 is 35.3 Å². The molecule has 1 N–H and O–H groups in total. The van der Waals surface area contributed by atoms with Gasteiger partial charge in [-0.25, -0.2) is 4.39 Å². The molecule has 5 rings (SSSR count). The van der Waals surface area contributed by atoms with E-state index in [-0.39, 0.29) is 30.2 Å².